The van der Waals surface area contributed by atoms with Crippen molar-refractivity contribution in [2.75, 3.05) is 20.1 Å². The lowest BCUT2D eigenvalue weighted by Gasteiger charge is -2.31. The molecule has 1 unspecified atom stereocenters. The molecule has 0 bridgehead atoms. The maximum absolute atomic E-state index is 11.7. The number of hydrogen-bond acceptors (Lipinski definition) is 5. The maximum atomic E-state index is 11.7. The van der Waals surface area contributed by atoms with Gasteiger partial charge in [0.25, 0.3) is 0 Å². The van der Waals surface area contributed by atoms with Crippen LogP contribution in [0.1, 0.15) is 34.7 Å². The minimum absolute atomic E-state index is 0.0303. The van der Waals surface area contributed by atoms with E-state index in [4.69, 9.17) is 10.3 Å². The van der Waals surface area contributed by atoms with E-state index in [2.05, 4.69) is 15.6 Å². The first-order chi connectivity index (χ1) is 10.0. The fourth-order valence-corrected chi connectivity index (χ4v) is 2.72. The standard InChI is InChI=1S/C14H22N4O3/c1-9-11(6-12(21-9)14(20)17-15)8-18-5-3-4-10(7-18)13(19)16-2/h6,10H,3-5,7-8,15H2,1-2H3,(H,16,19)(H,17,20). The summed E-state index contributed by atoms with van der Waals surface area (Å²) in [7, 11) is 1.67. The number of rotatable bonds is 4. The van der Waals surface area contributed by atoms with Crippen molar-refractivity contribution in [3.05, 3.63) is 23.2 Å². The van der Waals surface area contributed by atoms with Crippen molar-refractivity contribution in [1.29, 1.82) is 0 Å². The van der Waals surface area contributed by atoms with Gasteiger partial charge in [-0.05, 0) is 32.4 Å². The van der Waals surface area contributed by atoms with Crippen molar-refractivity contribution in [3.8, 4) is 0 Å². The number of nitrogens with zero attached hydrogens (tertiary/aromatic N) is 1. The lowest BCUT2D eigenvalue weighted by molar-refractivity contribution is -0.126. The van der Waals surface area contributed by atoms with Crippen LogP contribution in [0.2, 0.25) is 0 Å². The summed E-state index contributed by atoms with van der Waals surface area (Å²) in [4.78, 5) is 25.4. The first-order valence-electron chi connectivity index (χ1n) is 7.09. The number of likely N-dealkylation sites (tertiary alicyclic amines) is 1. The van der Waals surface area contributed by atoms with Crippen LogP contribution < -0.4 is 16.6 Å². The van der Waals surface area contributed by atoms with E-state index in [9.17, 15) is 9.59 Å². The van der Waals surface area contributed by atoms with Crippen LogP contribution in [0.4, 0.5) is 0 Å². The topological polar surface area (TPSA) is 101 Å². The highest BCUT2D eigenvalue weighted by atomic mass is 16.4. The molecule has 0 saturated carbocycles. The van der Waals surface area contributed by atoms with Gasteiger partial charge < -0.3 is 9.73 Å². The Labute approximate surface area is 123 Å². The number of nitrogen functional groups attached to an aromatic ring is 1. The van der Waals surface area contributed by atoms with E-state index in [1.165, 1.54) is 0 Å². The number of hydrogen-bond donors (Lipinski definition) is 3. The Morgan fingerprint density at radius 1 is 1.52 bits per heavy atom. The second-order valence-electron chi connectivity index (χ2n) is 5.35. The van der Waals surface area contributed by atoms with Gasteiger partial charge in [-0.2, -0.15) is 0 Å². The summed E-state index contributed by atoms with van der Waals surface area (Å²) in [6.45, 7) is 4.16. The van der Waals surface area contributed by atoms with Gasteiger partial charge in [0.05, 0.1) is 5.92 Å². The van der Waals surface area contributed by atoms with E-state index in [0.717, 1.165) is 31.5 Å². The van der Waals surface area contributed by atoms with Gasteiger partial charge in [0, 0.05) is 25.7 Å². The Morgan fingerprint density at radius 2 is 2.29 bits per heavy atom. The van der Waals surface area contributed by atoms with Crippen LogP contribution in [-0.4, -0.2) is 36.9 Å². The number of amides is 2. The molecule has 0 aliphatic carbocycles. The molecule has 2 heterocycles. The summed E-state index contributed by atoms with van der Waals surface area (Å²) >= 11 is 0. The third kappa shape index (κ3) is 3.62. The number of nitrogens with two attached hydrogens (primary N) is 1. The normalized spacial score (nSPS) is 19.3. The van der Waals surface area contributed by atoms with Crippen molar-refractivity contribution in [2.45, 2.75) is 26.3 Å². The molecule has 116 valence electrons. The molecule has 21 heavy (non-hydrogen) atoms. The van der Waals surface area contributed by atoms with Crippen molar-refractivity contribution >= 4 is 11.8 Å². The molecule has 1 saturated heterocycles. The average Bonchev–Trinajstić information content (AvgIpc) is 2.87. The quantitative estimate of drug-likeness (QED) is 0.417. The Morgan fingerprint density at radius 3 is 2.95 bits per heavy atom. The second-order valence-corrected chi connectivity index (χ2v) is 5.35. The maximum Gasteiger partial charge on any atom is 0.300 e. The molecule has 1 fully saturated rings. The van der Waals surface area contributed by atoms with Gasteiger partial charge in [-0.1, -0.05) is 0 Å². The number of nitrogens with one attached hydrogen (secondary N) is 2. The highest BCUT2D eigenvalue weighted by Gasteiger charge is 2.26. The molecule has 2 amide bonds. The van der Waals surface area contributed by atoms with Gasteiger partial charge in [-0.25, -0.2) is 5.84 Å². The molecule has 1 aromatic rings. The van der Waals surface area contributed by atoms with Gasteiger partial charge in [-0.3, -0.25) is 19.9 Å². The number of carbonyl (C=O) groups excluding carboxylic acids is 2. The summed E-state index contributed by atoms with van der Waals surface area (Å²) in [6.07, 6.45) is 1.91. The highest BCUT2D eigenvalue weighted by molar-refractivity contribution is 5.91. The van der Waals surface area contributed by atoms with Crippen molar-refractivity contribution < 1.29 is 14.0 Å². The van der Waals surface area contributed by atoms with Gasteiger partial charge in [0.2, 0.25) is 5.91 Å². The lowest BCUT2D eigenvalue weighted by atomic mass is 9.97. The molecule has 0 spiro atoms. The zero-order valence-corrected chi connectivity index (χ0v) is 12.4. The van der Waals surface area contributed by atoms with Crippen LogP contribution in [0.15, 0.2) is 10.5 Å². The molecule has 1 aliphatic heterocycles. The van der Waals surface area contributed by atoms with E-state index < -0.39 is 5.91 Å². The molecule has 0 radical (unpaired) electrons. The smallest absolute Gasteiger partial charge is 0.300 e. The molecular weight excluding hydrogens is 272 g/mol. The fourth-order valence-electron chi connectivity index (χ4n) is 2.72. The van der Waals surface area contributed by atoms with Gasteiger partial charge in [0.1, 0.15) is 5.76 Å². The number of furan rings is 1. The molecule has 1 aliphatic rings. The molecule has 2 rings (SSSR count). The van der Waals surface area contributed by atoms with E-state index in [0.29, 0.717) is 12.3 Å². The van der Waals surface area contributed by atoms with E-state index in [1.54, 1.807) is 13.1 Å². The molecule has 1 aromatic heterocycles. The largest absolute Gasteiger partial charge is 0.456 e. The van der Waals surface area contributed by atoms with Crippen molar-refractivity contribution in [1.82, 2.24) is 15.6 Å². The SMILES string of the molecule is CNC(=O)C1CCCN(Cc2cc(C(=O)NN)oc2C)C1. The third-order valence-electron chi connectivity index (χ3n) is 3.89. The number of carbonyl (C=O) groups is 2. The minimum atomic E-state index is -0.439. The molecule has 0 aromatic carbocycles. The summed E-state index contributed by atoms with van der Waals surface area (Å²) < 4.78 is 5.41. The van der Waals surface area contributed by atoms with Crippen molar-refractivity contribution in [2.24, 2.45) is 11.8 Å². The summed E-state index contributed by atoms with van der Waals surface area (Å²) in [6, 6.07) is 1.71. The van der Waals surface area contributed by atoms with Gasteiger partial charge in [-0.15, -0.1) is 0 Å². The zero-order valence-electron chi connectivity index (χ0n) is 12.4. The third-order valence-corrected chi connectivity index (χ3v) is 3.89. The molecule has 4 N–H and O–H groups in total. The van der Waals surface area contributed by atoms with Crippen LogP contribution >= 0.6 is 0 Å². The first-order valence-corrected chi connectivity index (χ1v) is 7.09. The number of hydrazine groups is 1. The minimum Gasteiger partial charge on any atom is -0.456 e. The predicted molar refractivity (Wildman–Crippen MR) is 77.2 cm³/mol. The van der Waals surface area contributed by atoms with Crippen LogP contribution in [0.5, 0.6) is 0 Å². The van der Waals surface area contributed by atoms with E-state index >= 15 is 0 Å². The van der Waals surface area contributed by atoms with Crippen LogP contribution in [0.3, 0.4) is 0 Å². The van der Waals surface area contributed by atoms with E-state index in [-0.39, 0.29) is 17.6 Å². The van der Waals surface area contributed by atoms with E-state index in [1.807, 2.05) is 6.92 Å². The monoisotopic (exact) mass is 294 g/mol. The highest BCUT2D eigenvalue weighted by Crippen LogP contribution is 2.22. The number of piperidine rings is 1. The number of aryl methyl sites for hydroxylation is 1. The zero-order chi connectivity index (χ0) is 15.4. The fraction of sp³-hybridized carbons (Fsp3) is 0.571. The Bertz CT molecular complexity index is 526. The first kappa shape index (κ1) is 15.5. The van der Waals surface area contributed by atoms with Gasteiger partial charge in [0.15, 0.2) is 5.76 Å². The summed E-state index contributed by atoms with van der Waals surface area (Å²) in [5.41, 5.74) is 3.01. The molecular formula is C14H22N4O3. The summed E-state index contributed by atoms with van der Waals surface area (Å²) in [5, 5.41) is 2.71. The lowest BCUT2D eigenvalue weighted by Crippen LogP contribution is -2.41. The molecule has 7 heteroatoms. The van der Waals surface area contributed by atoms with Gasteiger partial charge >= 0.3 is 5.91 Å². The Hall–Kier alpha value is -1.86. The summed E-state index contributed by atoms with van der Waals surface area (Å²) in [5.74, 6) is 5.70. The average molecular weight is 294 g/mol. The van der Waals surface area contributed by atoms with Crippen molar-refractivity contribution in [3.63, 3.8) is 0 Å². The van der Waals surface area contributed by atoms with Crippen LogP contribution in [-0.2, 0) is 11.3 Å². The Balaban J connectivity index is 2.02. The van der Waals surface area contributed by atoms with Crippen LogP contribution in [0.25, 0.3) is 0 Å². The second kappa shape index (κ2) is 6.73. The van der Waals surface area contributed by atoms with Crippen LogP contribution in [0, 0.1) is 12.8 Å². The predicted octanol–water partition coefficient (Wildman–Crippen LogP) is 0.150. The molecule has 7 nitrogen and oxygen atoms in total. The molecule has 1 atom stereocenters. The Kier molecular flexibility index (Phi) is 4.98.